The summed E-state index contributed by atoms with van der Waals surface area (Å²) in [6.07, 6.45) is 3.56. The van der Waals surface area contributed by atoms with Crippen LogP contribution in [0.5, 0.6) is 5.75 Å². The van der Waals surface area contributed by atoms with Crippen molar-refractivity contribution >= 4 is 39.4 Å². The molecule has 0 spiro atoms. The number of sulfonamides is 1. The molecule has 3 amide bonds. The maximum atomic E-state index is 12.3. The molecule has 0 bridgehead atoms. The fourth-order valence-electron chi connectivity index (χ4n) is 2.22. The summed E-state index contributed by atoms with van der Waals surface area (Å²) in [6.45, 7) is 0.312. The second-order valence-corrected chi connectivity index (χ2v) is 8.05. The number of nitrogens with one attached hydrogen (secondary N) is 2. The number of amides is 3. The standard InChI is InChI=1S/C18H21N3O5S2.Na/c1-19-18(23)21-28(24,25)16-12-13(5-7-15(16)26-2)9-10-20-17(22)8-6-14-4-3-11-27-14;/h3-8,11-12H,9-10H2,1-2H3,(H3,19,20,21,22,23);/q;+1/p-1/b8-6+;. The van der Waals surface area contributed by atoms with Crippen molar-refractivity contribution in [3.8, 4) is 5.75 Å². The van der Waals surface area contributed by atoms with Crippen LogP contribution in [0.15, 0.2) is 46.7 Å². The Morgan fingerprint density at radius 2 is 2.03 bits per heavy atom. The molecule has 8 nitrogen and oxygen atoms in total. The van der Waals surface area contributed by atoms with Gasteiger partial charge in [0.05, 0.1) is 7.11 Å². The van der Waals surface area contributed by atoms with Crippen LogP contribution < -0.4 is 44.9 Å². The summed E-state index contributed by atoms with van der Waals surface area (Å²) in [5.74, 6) is -0.163. The van der Waals surface area contributed by atoms with Gasteiger partial charge in [-0.15, -0.1) is 11.3 Å². The summed E-state index contributed by atoms with van der Waals surface area (Å²) in [5, 5.41) is 6.79. The summed E-state index contributed by atoms with van der Waals surface area (Å²) in [4.78, 5) is 23.9. The van der Waals surface area contributed by atoms with Crippen molar-refractivity contribution in [2.24, 2.45) is 0 Å². The zero-order chi connectivity index (χ0) is 20.6. The topological polar surface area (TPSA) is 116 Å². The third-order valence-corrected chi connectivity index (χ3v) is 5.70. The summed E-state index contributed by atoms with van der Waals surface area (Å²) in [7, 11) is -1.61. The Balaban J connectivity index is 0.00000420. The number of carbonyl (C=O) groups is 2. The molecular formula is C18H20N3NaO5S2. The Hall–Kier alpha value is -1.85. The average Bonchev–Trinajstić information content (AvgIpc) is 3.19. The van der Waals surface area contributed by atoms with Crippen LogP contribution in [0, 0.1) is 0 Å². The molecule has 1 heterocycles. The van der Waals surface area contributed by atoms with Crippen molar-refractivity contribution in [2.45, 2.75) is 11.3 Å². The molecule has 2 rings (SSSR count). The van der Waals surface area contributed by atoms with E-state index in [9.17, 15) is 18.0 Å². The summed E-state index contributed by atoms with van der Waals surface area (Å²) in [5.41, 5.74) is 0.647. The van der Waals surface area contributed by atoms with Crippen molar-refractivity contribution < 1.29 is 52.3 Å². The van der Waals surface area contributed by atoms with E-state index < -0.39 is 16.1 Å². The number of hydrogen-bond donors (Lipinski definition) is 2. The van der Waals surface area contributed by atoms with Gasteiger partial charge in [-0.1, -0.05) is 19.2 Å². The van der Waals surface area contributed by atoms with Crippen LogP contribution in [-0.4, -0.2) is 41.1 Å². The SMILES string of the molecule is CNC(=O)[N-]S(=O)(=O)c1cc(CCNC(=O)/C=C/c2cccs2)ccc1OC.[Na+]. The first-order valence-corrected chi connectivity index (χ1v) is 10.5. The molecule has 1 aromatic heterocycles. The minimum Gasteiger partial charge on any atom is -0.495 e. The molecule has 2 aromatic rings. The van der Waals surface area contributed by atoms with Gasteiger partial charge in [0.25, 0.3) is 0 Å². The first kappa shape index (κ1) is 25.2. The van der Waals surface area contributed by atoms with E-state index in [0.717, 1.165) is 4.88 Å². The summed E-state index contributed by atoms with van der Waals surface area (Å²) < 4.78 is 32.9. The minimum absolute atomic E-state index is 0. The Labute approximate surface area is 196 Å². The average molecular weight is 445 g/mol. The predicted molar refractivity (Wildman–Crippen MR) is 108 cm³/mol. The molecule has 0 aliphatic rings. The summed E-state index contributed by atoms with van der Waals surface area (Å²) >= 11 is 1.53. The monoisotopic (exact) mass is 445 g/mol. The van der Waals surface area contributed by atoms with Crippen molar-refractivity contribution in [1.82, 2.24) is 10.6 Å². The van der Waals surface area contributed by atoms with Gasteiger partial charge in [0, 0.05) is 17.5 Å². The number of hydrogen-bond acceptors (Lipinski definition) is 6. The van der Waals surface area contributed by atoms with Crippen LogP contribution >= 0.6 is 11.3 Å². The number of carbonyl (C=O) groups excluding carboxylic acids is 2. The quantitative estimate of drug-likeness (QED) is 0.421. The van der Waals surface area contributed by atoms with E-state index in [4.69, 9.17) is 4.74 Å². The molecule has 0 saturated carbocycles. The fraction of sp³-hybridized carbons (Fsp3) is 0.222. The van der Waals surface area contributed by atoms with Gasteiger partial charge in [0.1, 0.15) is 10.6 Å². The van der Waals surface area contributed by atoms with Gasteiger partial charge in [-0.05, 0) is 41.6 Å². The number of rotatable bonds is 8. The molecule has 1 aromatic carbocycles. The minimum atomic E-state index is -4.22. The van der Waals surface area contributed by atoms with Crippen LogP contribution in [-0.2, 0) is 21.2 Å². The number of thiophene rings is 1. The molecule has 0 aliphatic heterocycles. The molecule has 11 heteroatoms. The second-order valence-electron chi connectivity index (χ2n) is 5.50. The zero-order valence-corrected chi connectivity index (χ0v) is 20.0. The number of nitrogens with zero attached hydrogens (tertiary/aromatic N) is 1. The Morgan fingerprint density at radius 1 is 1.28 bits per heavy atom. The smallest absolute Gasteiger partial charge is 0.495 e. The van der Waals surface area contributed by atoms with E-state index in [1.165, 1.54) is 43.7 Å². The Morgan fingerprint density at radius 3 is 2.66 bits per heavy atom. The summed E-state index contributed by atoms with van der Waals surface area (Å²) in [6, 6.07) is 7.38. The van der Waals surface area contributed by atoms with Crippen LogP contribution in [0.4, 0.5) is 4.79 Å². The van der Waals surface area contributed by atoms with E-state index in [1.54, 1.807) is 12.1 Å². The van der Waals surface area contributed by atoms with Gasteiger partial charge in [0.2, 0.25) is 15.9 Å². The molecular weight excluding hydrogens is 425 g/mol. The largest absolute Gasteiger partial charge is 1.00 e. The number of methoxy groups -OCH3 is 1. The molecule has 0 fully saturated rings. The molecule has 0 unspecified atom stereocenters. The third-order valence-electron chi connectivity index (χ3n) is 3.58. The normalized spacial score (nSPS) is 10.8. The van der Waals surface area contributed by atoms with E-state index in [2.05, 4.69) is 15.4 Å². The van der Waals surface area contributed by atoms with Gasteiger partial charge >= 0.3 is 29.6 Å². The number of benzene rings is 1. The molecule has 29 heavy (non-hydrogen) atoms. The zero-order valence-electron chi connectivity index (χ0n) is 16.3. The predicted octanol–water partition coefficient (Wildman–Crippen LogP) is -0.465. The van der Waals surface area contributed by atoms with E-state index in [-0.39, 0.29) is 46.1 Å². The van der Waals surface area contributed by atoms with Crippen molar-refractivity contribution in [2.75, 3.05) is 20.7 Å². The van der Waals surface area contributed by atoms with Crippen LogP contribution in [0.25, 0.3) is 10.8 Å². The molecule has 0 radical (unpaired) electrons. The maximum Gasteiger partial charge on any atom is 1.00 e. The fourth-order valence-corrected chi connectivity index (χ4v) is 3.95. The number of ether oxygens (including phenoxy) is 1. The molecule has 0 aliphatic carbocycles. The van der Waals surface area contributed by atoms with E-state index in [0.29, 0.717) is 18.5 Å². The van der Waals surface area contributed by atoms with Gasteiger partial charge in [0.15, 0.2) is 6.03 Å². The third kappa shape index (κ3) is 7.82. The van der Waals surface area contributed by atoms with E-state index in [1.807, 2.05) is 17.5 Å². The van der Waals surface area contributed by atoms with E-state index >= 15 is 0 Å². The molecule has 2 N–H and O–H groups in total. The molecule has 150 valence electrons. The van der Waals surface area contributed by atoms with Crippen LogP contribution in [0.2, 0.25) is 0 Å². The second kappa shape index (κ2) is 12.0. The molecule has 0 atom stereocenters. The van der Waals surface area contributed by atoms with Gasteiger partial charge in [-0.3, -0.25) is 9.59 Å². The molecule has 0 saturated heterocycles. The van der Waals surface area contributed by atoms with Crippen molar-refractivity contribution in [3.63, 3.8) is 0 Å². The first-order valence-electron chi connectivity index (χ1n) is 8.22. The van der Waals surface area contributed by atoms with Gasteiger partial charge in [-0.2, -0.15) is 0 Å². The Kier molecular flexibility index (Phi) is 10.4. The van der Waals surface area contributed by atoms with Gasteiger partial charge < -0.3 is 20.1 Å². The maximum absolute atomic E-state index is 12.3. The van der Waals surface area contributed by atoms with Crippen molar-refractivity contribution in [1.29, 1.82) is 0 Å². The first-order chi connectivity index (χ1) is 13.4. The van der Waals surface area contributed by atoms with Crippen LogP contribution in [0.1, 0.15) is 10.4 Å². The van der Waals surface area contributed by atoms with Gasteiger partial charge in [-0.25, -0.2) is 8.42 Å². The van der Waals surface area contributed by atoms with Crippen molar-refractivity contribution in [3.05, 3.63) is 57.0 Å². The number of urea groups is 1. The van der Waals surface area contributed by atoms with Crippen LogP contribution in [0.3, 0.4) is 0 Å². The Bertz CT molecular complexity index is 960.